The SMILES string of the molecule is c1ccc(-c2ccc(N(c3cccc(-c4cccc5c4sc4ccccc45)c3)c3cccc4c3ccc3c5ccccc5sc43)cc2)cc1. The average Bonchev–Trinajstić information content (AvgIpc) is 3.75. The number of hydrogen-bond acceptors (Lipinski definition) is 3. The second kappa shape index (κ2) is 11.5. The summed E-state index contributed by atoms with van der Waals surface area (Å²) < 4.78 is 5.32. The number of nitrogens with zero attached hydrogens (tertiary/aromatic N) is 1. The van der Waals surface area contributed by atoms with Crippen molar-refractivity contribution in [3.8, 4) is 22.3 Å². The Kier molecular flexibility index (Phi) is 6.61. The number of rotatable bonds is 5. The lowest BCUT2D eigenvalue weighted by Crippen LogP contribution is -2.10. The molecule has 0 aliphatic carbocycles. The summed E-state index contributed by atoms with van der Waals surface area (Å²) in [5.41, 5.74) is 8.34. The van der Waals surface area contributed by atoms with Gasteiger partial charge >= 0.3 is 0 Å². The van der Waals surface area contributed by atoms with Crippen LogP contribution in [0.3, 0.4) is 0 Å². The molecule has 10 aromatic rings. The van der Waals surface area contributed by atoms with Gasteiger partial charge in [-0.3, -0.25) is 0 Å². The van der Waals surface area contributed by atoms with E-state index in [0.717, 1.165) is 11.4 Å². The molecule has 0 aliphatic rings. The van der Waals surface area contributed by atoms with Crippen molar-refractivity contribution in [2.75, 3.05) is 4.90 Å². The van der Waals surface area contributed by atoms with Crippen molar-refractivity contribution in [2.45, 2.75) is 0 Å². The minimum Gasteiger partial charge on any atom is -0.310 e. The van der Waals surface area contributed by atoms with E-state index in [9.17, 15) is 0 Å². The van der Waals surface area contributed by atoms with Crippen LogP contribution >= 0.6 is 22.7 Å². The van der Waals surface area contributed by atoms with Crippen LogP contribution in [0.5, 0.6) is 0 Å². The molecular formula is C46H29NS2. The molecule has 3 heteroatoms. The van der Waals surface area contributed by atoms with Gasteiger partial charge < -0.3 is 4.90 Å². The standard InChI is InChI=1S/C46H29NS2/c1-2-11-30(12-3-1)31-23-25-33(26-24-31)47(42-20-10-19-39-36(42)27-28-41-38-16-5-7-22-44(38)49-46(39)41)34-14-8-13-32(29-34)35-17-9-18-40-37-15-4-6-21-43(37)48-45(35)40/h1-29H. The maximum Gasteiger partial charge on any atom is 0.0540 e. The molecule has 0 atom stereocenters. The monoisotopic (exact) mass is 659 g/mol. The third-order valence-corrected chi connectivity index (χ3v) is 12.1. The zero-order valence-corrected chi connectivity index (χ0v) is 28.1. The number of benzene rings is 8. The van der Waals surface area contributed by atoms with Gasteiger partial charge in [0.15, 0.2) is 0 Å². The van der Waals surface area contributed by atoms with Crippen molar-refractivity contribution in [1.82, 2.24) is 0 Å². The molecule has 0 amide bonds. The van der Waals surface area contributed by atoms with Gasteiger partial charge in [0.1, 0.15) is 0 Å². The van der Waals surface area contributed by atoms with E-state index in [1.165, 1.54) is 79.1 Å². The first kappa shape index (κ1) is 28.3. The van der Waals surface area contributed by atoms with Gasteiger partial charge in [-0.2, -0.15) is 0 Å². The quantitative estimate of drug-likeness (QED) is 0.178. The van der Waals surface area contributed by atoms with Crippen LogP contribution < -0.4 is 4.90 Å². The van der Waals surface area contributed by atoms with Crippen molar-refractivity contribution in [3.63, 3.8) is 0 Å². The molecule has 0 radical (unpaired) electrons. The van der Waals surface area contributed by atoms with Gasteiger partial charge in [0.25, 0.3) is 0 Å². The number of fused-ring (bicyclic) bond motifs is 8. The maximum absolute atomic E-state index is 2.44. The van der Waals surface area contributed by atoms with Crippen molar-refractivity contribution < 1.29 is 0 Å². The van der Waals surface area contributed by atoms with Gasteiger partial charge in [-0.1, -0.05) is 133 Å². The summed E-state index contributed by atoms with van der Waals surface area (Å²) in [7, 11) is 0. The maximum atomic E-state index is 2.44. The molecule has 0 spiro atoms. The fourth-order valence-corrected chi connectivity index (χ4v) is 9.84. The third kappa shape index (κ3) is 4.66. The Bertz CT molecular complexity index is 2830. The molecule has 230 valence electrons. The fourth-order valence-electron chi connectivity index (χ4n) is 7.37. The van der Waals surface area contributed by atoms with Crippen LogP contribution in [-0.2, 0) is 0 Å². The lowest BCUT2D eigenvalue weighted by atomic mass is 10.00. The third-order valence-electron chi connectivity index (χ3n) is 9.67. The average molecular weight is 660 g/mol. The van der Waals surface area contributed by atoms with Gasteiger partial charge in [-0.05, 0) is 64.7 Å². The lowest BCUT2D eigenvalue weighted by Gasteiger charge is -2.27. The Hall–Kier alpha value is -5.74. The molecule has 8 aromatic carbocycles. The highest BCUT2D eigenvalue weighted by atomic mass is 32.1. The van der Waals surface area contributed by atoms with E-state index in [0.29, 0.717) is 0 Å². The van der Waals surface area contributed by atoms with Crippen molar-refractivity contribution >= 4 is 90.9 Å². The Balaban J connectivity index is 1.18. The minimum absolute atomic E-state index is 1.13. The van der Waals surface area contributed by atoms with E-state index in [1.807, 2.05) is 22.7 Å². The van der Waals surface area contributed by atoms with Crippen LogP contribution in [0.15, 0.2) is 176 Å². The van der Waals surface area contributed by atoms with Crippen LogP contribution in [0, 0.1) is 0 Å². The summed E-state index contributed by atoms with van der Waals surface area (Å²) in [4.78, 5) is 2.44. The normalized spacial score (nSPS) is 11.7. The summed E-state index contributed by atoms with van der Waals surface area (Å²) in [6, 6.07) is 64.3. The highest BCUT2D eigenvalue weighted by Gasteiger charge is 2.19. The van der Waals surface area contributed by atoms with Gasteiger partial charge in [0, 0.05) is 62.5 Å². The van der Waals surface area contributed by atoms with Gasteiger partial charge in [-0.15, -0.1) is 22.7 Å². The first-order valence-corrected chi connectivity index (χ1v) is 18.2. The van der Waals surface area contributed by atoms with Gasteiger partial charge in [0.05, 0.1) is 5.69 Å². The summed E-state index contributed by atoms with van der Waals surface area (Å²) in [6.07, 6.45) is 0. The van der Waals surface area contributed by atoms with Crippen molar-refractivity contribution in [3.05, 3.63) is 176 Å². The molecule has 1 nitrogen and oxygen atoms in total. The van der Waals surface area contributed by atoms with E-state index in [1.54, 1.807) is 0 Å². The topological polar surface area (TPSA) is 3.24 Å². The predicted molar refractivity (Wildman–Crippen MR) is 215 cm³/mol. The molecule has 0 unspecified atom stereocenters. The number of anilines is 3. The first-order chi connectivity index (χ1) is 24.3. The molecule has 0 fully saturated rings. The Labute approximate surface area is 292 Å². The minimum atomic E-state index is 1.13. The fraction of sp³-hybridized carbons (Fsp3) is 0. The smallest absolute Gasteiger partial charge is 0.0540 e. The van der Waals surface area contributed by atoms with Gasteiger partial charge in [0.2, 0.25) is 0 Å². The van der Waals surface area contributed by atoms with E-state index in [2.05, 4.69) is 181 Å². The van der Waals surface area contributed by atoms with Crippen LogP contribution in [0.2, 0.25) is 0 Å². The van der Waals surface area contributed by atoms with Crippen LogP contribution in [0.4, 0.5) is 17.1 Å². The Morgan fingerprint density at radius 2 is 0.878 bits per heavy atom. The molecular weight excluding hydrogens is 631 g/mol. The molecule has 2 aromatic heterocycles. The highest BCUT2D eigenvalue weighted by Crippen LogP contribution is 2.46. The van der Waals surface area contributed by atoms with Gasteiger partial charge in [-0.25, -0.2) is 0 Å². The molecule has 2 heterocycles. The lowest BCUT2D eigenvalue weighted by molar-refractivity contribution is 1.30. The molecule has 0 aliphatic heterocycles. The first-order valence-electron chi connectivity index (χ1n) is 16.6. The molecule has 0 N–H and O–H groups in total. The van der Waals surface area contributed by atoms with E-state index < -0.39 is 0 Å². The Morgan fingerprint density at radius 3 is 1.65 bits per heavy atom. The van der Waals surface area contributed by atoms with Crippen molar-refractivity contribution in [1.29, 1.82) is 0 Å². The molecule has 49 heavy (non-hydrogen) atoms. The van der Waals surface area contributed by atoms with E-state index in [-0.39, 0.29) is 0 Å². The molecule has 0 saturated heterocycles. The second-order valence-electron chi connectivity index (χ2n) is 12.5. The largest absolute Gasteiger partial charge is 0.310 e. The highest BCUT2D eigenvalue weighted by molar-refractivity contribution is 7.27. The van der Waals surface area contributed by atoms with Crippen LogP contribution in [-0.4, -0.2) is 0 Å². The molecule has 0 bridgehead atoms. The Morgan fingerprint density at radius 1 is 0.327 bits per heavy atom. The number of thiophene rings is 2. The predicted octanol–water partition coefficient (Wildman–Crippen LogP) is 14.4. The number of hydrogen-bond donors (Lipinski definition) is 0. The van der Waals surface area contributed by atoms with Crippen molar-refractivity contribution in [2.24, 2.45) is 0 Å². The van der Waals surface area contributed by atoms with E-state index >= 15 is 0 Å². The second-order valence-corrected chi connectivity index (χ2v) is 14.6. The zero-order chi connectivity index (χ0) is 32.3. The molecule has 0 saturated carbocycles. The molecule has 10 rings (SSSR count). The van der Waals surface area contributed by atoms with Crippen LogP contribution in [0.1, 0.15) is 0 Å². The summed E-state index contributed by atoms with van der Waals surface area (Å²) in [6.45, 7) is 0. The summed E-state index contributed by atoms with van der Waals surface area (Å²) in [5.74, 6) is 0. The zero-order valence-electron chi connectivity index (χ0n) is 26.5. The summed E-state index contributed by atoms with van der Waals surface area (Å²) >= 11 is 3.77. The summed E-state index contributed by atoms with van der Waals surface area (Å²) in [5, 5.41) is 7.81. The van der Waals surface area contributed by atoms with E-state index in [4.69, 9.17) is 0 Å². The van der Waals surface area contributed by atoms with Crippen LogP contribution in [0.25, 0.3) is 73.4 Å².